The molecule has 3 aliphatic rings. The predicted molar refractivity (Wildman–Crippen MR) is 90.2 cm³/mol. The van der Waals surface area contributed by atoms with E-state index in [-0.39, 0.29) is 0 Å². The van der Waals surface area contributed by atoms with Crippen molar-refractivity contribution in [2.45, 2.75) is 39.2 Å². The van der Waals surface area contributed by atoms with Crippen molar-refractivity contribution in [1.29, 1.82) is 0 Å². The highest BCUT2D eigenvalue weighted by molar-refractivity contribution is 5.80. The highest BCUT2D eigenvalue weighted by atomic mass is 16.5. The summed E-state index contributed by atoms with van der Waals surface area (Å²) in [5.41, 5.74) is 0. The van der Waals surface area contributed by atoms with Crippen LogP contribution in [0.25, 0.3) is 0 Å². The van der Waals surface area contributed by atoms with Gasteiger partial charge in [-0.05, 0) is 45.1 Å². The topological polar surface area (TPSA) is 40.1 Å². The van der Waals surface area contributed by atoms with Crippen molar-refractivity contribution in [1.82, 2.24) is 15.1 Å². The normalized spacial score (nSPS) is 32.2. The number of hydrogen-bond acceptors (Lipinski definition) is 3. The Labute approximate surface area is 135 Å². The summed E-state index contributed by atoms with van der Waals surface area (Å²) in [6.45, 7) is 12.4. The van der Waals surface area contributed by atoms with Gasteiger partial charge in [0.05, 0.1) is 13.2 Å². The zero-order valence-electron chi connectivity index (χ0n) is 14.3. The summed E-state index contributed by atoms with van der Waals surface area (Å²) >= 11 is 0. The van der Waals surface area contributed by atoms with Gasteiger partial charge in [-0.2, -0.15) is 0 Å². The van der Waals surface area contributed by atoms with Gasteiger partial charge in [0.2, 0.25) is 0 Å². The van der Waals surface area contributed by atoms with Crippen molar-refractivity contribution in [2.24, 2.45) is 16.8 Å². The number of aliphatic imine (C=N–C) groups is 1. The second-order valence-electron chi connectivity index (χ2n) is 6.82. The summed E-state index contributed by atoms with van der Waals surface area (Å²) in [7, 11) is 0. The zero-order chi connectivity index (χ0) is 15.4. The Bertz CT molecular complexity index is 387. The molecule has 0 bridgehead atoms. The van der Waals surface area contributed by atoms with E-state index in [9.17, 15) is 0 Å². The van der Waals surface area contributed by atoms with E-state index in [1.807, 2.05) is 6.92 Å². The van der Waals surface area contributed by atoms with Crippen LogP contribution >= 0.6 is 0 Å². The monoisotopic (exact) mass is 308 g/mol. The van der Waals surface area contributed by atoms with Crippen molar-refractivity contribution in [2.75, 3.05) is 52.5 Å². The first-order valence-electron chi connectivity index (χ1n) is 9.18. The highest BCUT2D eigenvalue weighted by Crippen LogP contribution is 2.40. The lowest BCUT2D eigenvalue weighted by Gasteiger charge is -2.33. The average molecular weight is 308 g/mol. The Morgan fingerprint density at radius 1 is 1.23 bits per heavy atom. The van der Waals surface area contributed by atoms with Crippen LogP contribution in [0, 0.1) is 11.8 Å². The molecule has 0 unspecified atom stereocenters. The van der Waals surface area contributed by atoms with Crippen LogP contribution in [0.3, 0.4) is 0 Å². The average Bonchev–Trinajstić information content (AvgIpc) is 3.08. The third kappa shape index (κ3) is 3.40. The predicted octanol–water partition coefficient (Wildman–Crippen LogP) is 1.40. The lowest BCUT2D eigenvalue weighted by molar-refractivity contribution is 0.155. The van der Waals surface area contributed by atoms with E-state index in [0.29, 0.717) is 0 Å². The molecule has 3 saturated heterocycles. The Kier molecular flexibility index (Phi) is 5.58. The van der Waals surface area contributed by atoms with Crippen LogP contribution in [0.2, 0.25) is 0 Å². The quantitative estimate of drug-likeness (QED) is 0.473. The van der Waals surface area contributed by atoms with E-state index >= 15 is 0 Å². The summed E-state index contributed by atoms with van der Waals surface area (Å²) in [6.07, 6.45) is 4.24. The number of ether oxygens (including phenoxy) is 1. The molecule has 3 heterocycles. The third-order valence-corrected chi connectivity index (χ3v) is 5.45. The number of nitrogens with one attached hydrogen (secondary N) is 1. The fourth-order valence-corrected chi connectivity index (χ4v) is 4.51. The molecule has 3 aliphatic heterocycles. The van der Waals surface area contributed by atoms with Crippen molar-refractivity contribution in [3.63, 3.8) is 0 Å². The second-order valence-corrected chi connectivity index (χ2v) is 6.82. The van der Waals surface area contributed by atoms with Gasteiger partial charge < -0.3 is 15.0 Å². The van der Waals surface area contributed by atoms with Crippen molar-refractivity contribution in [3.8, 4) is 0 Å². The van der Waals surface area contributed by atoms with Crippen LogP contribution in [0.1, 0.15) is 33.1 Å². The Hall–Kier alpha value is -0.810. The molecule has 3 fully saturated rings. The van der Waals surface area contributed by atoms with E-state index in [4.69, 9.17) is 9.73 Å². The Morgan fingerprint density at radius 2 is 2.14 bits per heavy atom. The van der Waals surface area contributed by atoms with Gasteiger partial charge in [-0.15, -0.1) is 0 Å². The van der Waals surface area contributed by atoms with Crippen molar-refractivity contribution >= 4 is 5.96 Å². The molecule has 0 radical (unpaired) electrons. The highest BCUT2D eigenvalue weighted by Gasteiger charge is 2.47. The summed E-state index contributed by atoms with van der Waals surface area (Å²) in [4.78, 5) is 10.0. The molecule has 5 heteroatoms. The van der Waals surface area contributed by atoms with Crippen LogP contribution < -0.4 is 5.32 Å². The number of guanidine groups is 1. The lowest BCUT2D eigenvalue weighted by Crippen LogP contribution is -2.44. The molecule has 0 saturated carbocycles. The van der Waals surface area contributed by atoms with Crippen LogP contribution in [0.15, 0.2) is 4.99 Å². The molecular weight excluding hydrogens is 276 g/mol. The fraction of sp³-hybridized carbons (Fsp3) is 0.941. The minimum Gasteiger partial charge on any atom is -0.380 e. The van der Waals surface area contributed by atoms with E-state index < -0.39 is 0 Å². The molecule has 0 aliphatic carbocycles. The van der Waals surface area contributed by atoms with Gasteiger partial charge in [0, 0.05) is 38.8 Å². The maximum atomic E-state index is 5.41. The van der Waals surface area contributed by atoms with Crippen LogP contribution in [-0.2, 0) is 4.74 Å². The maximum Gasteiger partial charge on any atom is 0.194 e. The van der Waals surface area contributed by atoms with E-state index in [2.05, 4.69) is 22.0 Å². The zero-order valence-corrected chi connectivity index (χ0v) is 14.3. The molecule has 5 nitrogen and oxygen atoms in total. The molecule has 0 aromatic carbocycles. The Balaban J connectivity index is 1.58. The first-order chi connectivity index (χ1) is 10.8. The molecule has 1 N–H and O–H groups in total. The molecule has 3 rings (SSSR count). The number of likely N-dealkylation sites (tertiary alicyclic amines) is 1. The van der Waals surface area contributed by atoms with Gasteiger partial charge in [0.25, 0.3) is 0 Å². The lowest BCUT2D eigenvalue weighted by atomic mass is 9.90. The van der Waals surface area contributed by atoms with Gasteiger partial charge in [0.1, 0.15) is 0 Å². The first kappa shape index (κ1) is 16.1. The standard InChI is InChI=1S/C17H32N4O/c1-3-18-17(19-8-10-22-4-2)21-12-14-11-20-9-6-5-7-16(20)15(14)13-21/h14-16H,3-13H2,1-2H3,(H,18,19)/t14-,15+,16+/m0/s1. The maximum absolute atomic E-state index is 5.41. The molecule has 22 heavy (non-hydrogen) atoms. The molecule has 3 atom stereocenters. The van der Waals surface area contributed by atoms with Gasteiger partial charge in [-0.3, -0.25) is 9.89 Å². The van der Waals surface area contributed by atoms with Gasteiger partial charge in [-0.1, -0.05) is 6.42 Å². The van der Waals surface area contributed by atoms with Gasteiger partial charge >= 0.3 is 0 Å². The minimum absolute atomic E-state index is 0.725. The summed E-state index contributed by atoms with van der Waals surface area (Å²) in [5, 5.41) is 3.47. The Morgan fingerprint density at radius 3 is 2.95 bits per heavy atom. The molecular formula is C17H32N4O. The SMILES string of the molecule is CCNC(=NCCOCC)N1C[C@@H]2CN3CCCC[C@@H]3[C@@H]2C1. The number of fused-ring (bicyclic) bond motifs is 3. The number of nitrogens with zero attached hydrogens (tertiary/aromatic N) is 3. The van der Waals surface area contributed by atoms with Crippen molar-refractivity contribution < 1.29 is 4.74 Å². The van der Waals surface area contributed by atoms with Crippen molar-refractivity contribution in [3.05, 3.63) is 0 Å². The molecule has 0 amide bonds. The summed E-state index contributed by atoms with van der Waals surface area (Å²) < 4.78 is 5.41. The van der Waals surface area contributed by atoms with E-state index in [0.717, 1.165) is 50.1 Å². The molecule has 0 aromatic rings. The van der Waals surface area contributed by atoms with Crippen LogP contribution in [0.5, 0.6) is 0 Å². The molecule has 0 aromatic heterocycles. The second kappa shape index (κ2) is 7.64. The van der Waals surface area contributed by atoms with Crippen LogP contribution in [-0.4, -0.2) is 74.3 Å². The fourth-order valence-electron chi connectivity index (χ4n) is 4.51. The first-order valence-corrected chi connectivity index (χ1v) is 9.18. The van der Waals surface area contributed by atoms with Gasteiger partial charge in [-0.25, -0.2) is 0 Å². The number of piperidine rings is 1. The third-order valence-electron chi connectivity index (χ3n) is 5.45. The smallest absolute Gasteiger partial charge is 0.194 e. The van der Waals surface area contributed by atoms with Gasteiger partial charge in [0.15, 0.2) is 5.96 Å². The summed E-state index contributed by atoms with van der Waals surface area (Å²) in [5.74, 6) is 2.80. The number of hydrogen-bond donors (Lipinski definition) is 1. The van der Waals surface area contributed by atoms with E-state index in [1.54, 1.807) is 0 Å². The summed E-state index contributed by atoms with van der Waals surface area (Å²) in [6, 6.07) is 0.843. The molecule has 126 valence electrons. The molecule has 0 spiro atoms. The van der Waals surface area contributed by atoms with E-state index in [1.165, 1.54) is 45.4 Å². The van der Waals surface area contributed by atoms with Crippen LogP contribution in [0.4, 0.5) is 0 Å². The number of rotatable bonds is 5. The minimum atomic E-state index is 0.725. The largest absolute Gasteiger partial charge is 0.380 e.